The number of rotatable bonds is 6. The second-order valence-electron chi connectivity index (χ2n) is 4.08. The molecule has 86 valence electrons. The summed E-state index contributed by atoms with van der Waals surface area (Å²) in [5.74, 6) is 0.505. The molecule has 0 fully saturated rings. The number of nitriles is 1. The quantitative estimate of drug-likeness (QED) is 0.676. The van der Waals surface area contributed by atoms with E-state index >= 15 is 0 Å². The van der Waals surface area contributed by atoms with Crippen molar-refractivity contribution in [3.05, 3.63) is 0 Å². The SMILES string of the molecule is CCN(CC)C(=O)CCC(C#N)C(C)C. The molecule has 1 atom stereocenters. The van der Waals surface area contributed by atoms with Gasteiger partial charge in [0, 0.05) is 25.4 Å². The van der Waals surface area contributed by atoms with Crippen LogP contribution in [0.1, 0.15) is 40.5 Å². The molecule has 0 saturated heterocycles. The maximum atomic E-state index is 11.7. The van der Waals surface area contributed by atoms with Crippen LogP contribution < -0.4 is 0 Å². The van der Waals surface area contributed by atoms with Crippen LogP contribution in [0, 0.1) is 23.2 Å². The van der Waals surface area contributed by atoms with Crippen molar-refractivity contribution in [2.75, 3.05) is 13.1 Å². The van der Waals surface area contributed by atoms with Crippen molar-refractivity contribution >= 4 is 5.91 Å². The Balaban J connectivity index is 4.04. The van der Waals surface area contributed by atoms with Crippen LogP contribution in [0.3, 0.4) is 0 Å². The lowest BCUT2D eigenvalue weighted by Gasteiger charge is -2.20. The Morgan fingerprint density at radius 2 is 1.87 bits per heavy atom. The van der Waals surface area contributed by atoms with E-state index < -0.39 is 0 Å². The molecule has 3 nitrogen and oxygen atoms in total. The van der Waals surface area contributed by atoms with E-state index in [-0.39, 0.29) is 11.8 Å². The standard InChI is InChI=1S/C12H22N2O/c1-5-14(6-2)12(15)8-7-11(9-13)10(3)4/h10-11H,5-8H2,1-4H3. The Hall–Kier alpha value is -1.04. The maximum Gasteiger partial charge on any atom is 0.222 e. The largest absolute Gasteiger partial charge is 0.343 e. The maximum absolute atomic E-state index is 11.7. The Bertz CT molecular complexity index is 226. The van der Waals surface area contributed by atoms with Gasteiger partial charge in [-0.2, -0.15) is 5.26 Å². The van der Waals surface area contributed by atoms with Crippen LogP contribution in [0.15, 0.2) is 0 Å². The first-order valence-electron chi connectivity index (χ1n) is 5.74. The summed E-state index contributed by atoms with van der Waals surface area (Å²) in [6.07, 6.45) is 1.18. The highest BCUT2D eigenvalue weighted by molar-refractivity contribution is 5.76. The molecule has 1 amide bonds. The van der Waals surface area contributed by atoms with Crippen molar-refractivity contribution in [1.82, 2.24) is 4.90 Å². The molecule has 0 N–H and O–H groups in total. The van der Waals surface area contributed by atoms with Crippen molar-refractivity contribution in [1.29, 1.82) is 5.26 Å². The summed E-state index contributed by atoms with van der Waals surface area (Å²) in [6, 6.07) is 2.26. The molecule has 0 rings (SSSR count). The average Bonchev–Trinajstić information content (AvgIpc) is 2.20. The van der Waals surface area contributed by atoms with Crippen LogP contribution in [-0.4, -0.2) is 23.9 Å². The lowest BCUT2D eigenvalue weighted by molar-refractivity contribution is -0.131. The second kappa shape index (κ2) is 7.28. The predicted octanol–water partition coefficient (Wildman–Crippen LogP) is 2.43. The van der Waals surface area contributed by atoms with E-state index in [0.29, 0.717) is 18.8 Å². The minimum Gasteiger partial charge on any atom is -0.343 e. The number of nitrogens with zero attached hydrogens (tertiary/aromatic N) is 2. The molecule has 0 aromatic carbocycles. The topological polar surface area (TPSA) is 44.1 Å². The van der Waals surface area contributed by atoms with Gasteiger partial charge in [-0.15, -0.1) is 0 Å². The van der Waals surface area contributed by atoms with Crippen molar-refractivity contribution in [2.24, 2.45) is 11.8 Å². The number of amides is 1. The summed E-state index contributed by atoms with van der Waals surface area (Å²) in [7, 11) is 0. The third-order valence-corrected chi connectivity index (χ3v) is 2.76. The zero-order valence-electron chi connectivity index (χ0n) is 10.3. The van der Waals surface area contributed by atoms with Crippen LogP contribution in [0.25, 0.3) is 0 Å². The van der Waals surface area contributed by atoms with Gasteiger partial charge in [-0.25, -0.2) is 0 Å². The molecule has 0 heterocycles. The first-order valence-corrected chi connectivity index (χ1v) is 5.74. The van der Waals surface area contributed by atoms with Crippen LogP contribution in [0.5, 0.6) is 0 Å². The summed E-state index contributed by atoms with van der Waals surface area (Å²) in [5.41, 5.74) is 0. The zero-order valence-corrected chi connectivity index (χ0v) is 10.3. The van der Waals surface area contributed by atoms with Gasteiger partial charge in [-0.1, -0.05) is 13.8 Å². The minimum absolute atomic E-state index is 0.00418. The molecule has 0 aliphatic heterocycles. The minimum atomic E-state index is 0.00418. The first-order chi connectivity index (χ1) is 7.06. The van der Waals surface area contributed by atoms with Gasteiger partial charge >= 0.3 is 0 Å². The normalized spacial score (nSPS) is 12.3. The molecular weight excluding hydrogens is 188 g/mol. The van der Waals surface area contributed by atoms with E-state index in [2.05, 4.69) is 6.07 Å². The first kappa shape index (κ1) is 14.0. The van der Waals surface area contributed by atoms with Crippen LogP contribution >= 0.6 is 0 Å². The van der Waals surface area contributed by atoms with Gasteiger partial charge in [0.2, 0.25) is 5.91 Å². The van der Waals surface area contributed by atoms with E-state index in [0.717, 1.165) is 13.1 Å². The fourth-order valence-electron chi connectivity index (χ4n) is 1.56. The molecular formula is C12H22N2O. The van der Waals surface area contributed by atoms with Gasteiger partial charge in [0.15, 0.2) is 0 Å². The van der Waals surface area contributed by atoms with E-state index in [4.69, 9.17) is 5.26 Å². The summed E-state index contributed by atoms with van der Waals surface area (Å²) < 4.78 is 0. The van der Waals surface area contributed by atoms with Gasteiger partial charge in [0.1, 0.15) is 0 Å². The third kappa shape index (κ3) is 4.83. The van der Waals surface area contributed by atoms with Gasteiger partial charge < -0.3 is 4.90 Å². The monoisotopic (exact) mass is 210 g/mol. The van der Waals surface area contributed by atoms with Crippen molar-refractivity contribution in [3.63, 3.8) is 0 Å². The molecule has 0 bridgehead atoms. The van der Waals surface area contributed by atoms with Crippen LogP contribution in [0.2, 0.25) is 0 Å². The Morgan fingerprint density at radius 3 is 2.20 bits per heavy atom. The summed E-state index contributed by atoms with van der Waals surface area (Å²) in [6.45, 7) is 9.52. The molecule has 0 aromatic rings. The molecule has 0 saturated carbocycles. The van der Waals surface area contributed by atoms with Crippen molar-refractivity contribution in [3.8, 4) is 6.07 Å². The number of carbonyl (C=O) groups excluding carboxylic acids is 1. The highest BCUT2D eigenvalue weighted by atomic mass is 16.2. The summed E-state index contributed by atoms with van der Waals surface area (Å²) in [5, 5.41) is 8.89. The third-order valence-electron chi connectivity index (χ3n) is 2.76. The van der Waals surface area contributed by atoms with Crippen LogP contribution in [0.4, 0.5) is 0 Å². The van der Waals surface area contributed by atoms with E-state index in [1.165, 1.54) is 0 Å². The molecule has 0 aliphatic carbocycles. The smallest absolute Gasteiger partial charge is 0.222 e. The van der Waals surface area contributed by atoms with Crippen LogP contribution in [-0.2, 0) is 4.79 Å². The van der Waals surface area contributed by atoms with E-state index in [1.54, 1.807) is 0 Å². The van der Waals surface area contributed by atoms with E-state index in [9.17, 15) is 4.79 Å². The molecule has 0 aliphatic rings. The molecule has 0 aromatic heterocycles. The molecule has 0 radical (unpaired) electrons. The number of carbonyl (C=O) groups is 1. The van der Waals surface area contributed by atoms with E-state index in [1.807, 2.05) is 32.6 Å². The van der Waals surface area contributed by atoms with Gasteiger partial charge in [-0.3, -0.25) is 4.79 Å². The molecule has 0 spiro atoms. The predicted molar refractivity (Wildman–Crippen MR) is 61.1 cm³/mol. The molecule has 1 unspecified atom stereocenters. The fourth-order valence-corrected chi connectivity index (χ4v) is 1.56. The summed E-state index contributed by atoms with van der Waals surface area (Å²) in [4.78, 5) is 13.5. The molecule has 3 heteroatoms. The number of hydrogen-bond donors (Lipinski definition) is 0. The second-order valence-corrected chi connectivity index (χ2v) is 4.08. The van der Waals surface area contributed by atoms with Crippen molar-refractivity contribution < 1.29 is 4.79 Å². The van der Waals surface area contributed by atoms with Gasteiger partial charge in [0.05, 0.1) is 6.07 Å². The zero-order chi connectivity index (χ0) is 11.8. The van der Waals surface area contributed by atoms with Crippen molar-refractivity contribution in [2.45, 2.75) is 40.5 Å². The lowest BCUT2D eigenvalue weighted by atomic mass is 9.92. The molecule has 15 heavy (non-hydrogen) atoms. The average molecular weight is 210 g/mol. The number of hydrogen-bond acceptors (Lipinski definition) is 2. The van der Waals surface area contributed by atoms with Gasteiger partial charge in [-0.05, 0) is 26.2 Å². The summed E-state index contributed by atoms with van der Waals surface area (Å²) >= 11 is 0. The highest BCUT2D eigenvalue weighted by Gasteiger charge is 2.16. The Labute approximate surface area is 93.1 Å². The lowest BCUT2D eigenvalue weighted by Crippen LogP contribution is -2.30. The van der Waals surface area contributed by atoms with Gasteiger partial charge in [0.25, 0.3) is 0 Å². The fraction of sp³-hybridized carbons (Fsp3) is 0.833. The Morgan fingerprint density at radius 1 is 1.33 bits per heavy atom. The highest BCUT2D eigenvalue weighted by Crippen LogP contribution is 2.16. The Kier molecular flexibility index (Phi) is 6.77.